The maximum absolute atomic E-state index is 9.17. The van der Waals surface area contributed by atoms with Gasteiger partial charge in [0.05, 0.1) is 6.10 Å². The monoisotopic (exact) mass is 242 g/mol. The molecule has 13 heavy (non-hydrogen) atoms. The van der Waals surface area contributed by atoms with E-state index in [4.69, 9.17) is 20.7 Å². The third-order valence-corrected chi connectivity index (χ3v) is 3.62. The zero-order valence-corrected chi connectivity index (χ0v) is 10.5. The van der Waals surface area contributed by atoms with Gasteiger partial charge in [-0.25, -0.2) is 0 Å². The maximum atomic E-state index is 9.17. The molecule has 0 spiro atoms. The molecule has 1 atom stereocenters. The highest BCUT2D eigenvalue weighted by atomic mass is 35.7. The van der Waals surface area contributed by atoms with Gasteiger partial charge in [0.1, 0.15) is 0 Å². The Balaban J connectivity index is 2.38. The van der Waals surface area contributed by atoms with Crippen LogP contribution in [-0.2, 0) is 16.3 Å². The van der Waals surface area contributed by atoms with Crippen molar-refractivity contribution in [3.8, 4) is 0 Å². The molecule has 0 saturated heterocycles. The highest BCUT2D eigenvalue weighted by Gasteiger charge is 2.29. The van der Waals surface area contributed by atoms with E-state index in [2.05, 4.69) is 25.7 Å². The Kier molecular flexibility index (Phi) is 3.82. The standard InChI is InChI=1S/C8H16ClO2PS/c1-8(2)5-3-7(4-6-8)11-12(9,10)13/h7H,3-6H2,1-2H3,(H,10,13). The lowest BCUT2D eigenvalue weighted by Gasteiger charge is -2.34. The van der Waals surface area contributed by atoms with Gasteiger partial charge in [0.15, 0.2) is 0 Å². The predicted molar refractivity (Wildman–Crippen MR) is 59.5 cm³/mol. The fourth-order valence-corrected chi connectivity index (χ4v) is 2.94. The van der Waals surface area contributed by atoms with Crippen LogP contribution < -0.4 is 0 Å². The Hall–Kier alpha value is 0.860. The molecule has 1 N–H and O–H groups in total. The van der Waals surface area contributed by atoms with Gasteiger partial charge in [-0.05, 0) is 54.1 Å². The second-order valence-corrected chi connectivity index (χ2v) is 8.99. The van der Waals surface area contributed by atoms with Gasteiger partial charge in [-0.3, -0.25) is 0 Å². The van der Waals surface area contributed by atoms with E-state index in [1.54, 1.807) is 0 Å². The lowest BCUT2D eigenvalue weighted by Crippen LogP contribution is -2.25. The van der Waals surface area contributed by atoms with Crippen LogP contribution in [0.25, 0.3) is 0 Å². The van der Waals surface area contributed by atoms with Crippen molar-refractivity contribution in [2.45, 2.75) is 45.6 Å². The first-order chi connectivity index (χ1) is 5.79. The molecule has 1 aliphatic rings. The Morgan fingerprint density at radius 1 is 1.46 bits per heavy atom. The van der Waals surface area contributed by atoms with Crippen LogP contribution in [0.5, 0.6) is 0 Å². The second kappa shape index (κ2) is 4.16. The molecule has 0 aliphatic heterocycles. The molecule has 1 unspecified atom stereocenters. The van der Waals surface area contributed by atoms with Gasteiger partial charge in [0.25, 0.3) is 5.84 Å². The van der Waals surface area contributed by atoms with Crippen molar-refractivity contribution in [3.05, 3.63) is 0 Å². The molecular formula is C8H16ClO2PS. The Bertz CT molecular complexity index is 216. The molecule has 0 aromatic rings. The summed E-state index contributed by atoms with van der Waals surface area (Å²) in [5.74, 6) is -2.97. The van der Waals surface area contributed by atoms with Crippen LogP contribution in [0.4, 0.5) is 0 Å². The van der Waals surface area contributed by atoms with Crippen molar-refractivity contribution in [1.29, 1.82) is 0 Å². The predicted octanol–water partition coefficient (Wildman–Crippen LogP) is 3.43. The molecule has 1 saturated carbocycles. The largest absolute Gasteiger partial charge is 0.334 e. The summed E-state index contributed by atoms with van der Waals surface area (Å²) in [6, 6.07) is 0. The first kappa shape index (κ1) is 11.9. The average molecular weight is 243 g/mol. The molecule has 1 aliphatic carbocycles. The number of rotatable bonds is 2. The van der Waals surface area contributed by atoms with Crippen LogP contribution >= 0.6 is 17.1 Å². The Morgan fingerprint density at radius 3 is 2.31 bits per heavy atom. The van der Waals surface area contributed by atoms with Gasteiger partial charge in [-0.2, -0.15) is 0 Å². The summed E-state index contributed by atoms with van der Waals surface area (Å²) < 4.78 is 5.22. The molecule has 5 heteroatoms. The minimum atomic E-state index is -2.97. The maximum Gasteiger partial charge on any atom is 0.279 e. The molecular weight excluding hydrogens is 227 g/mol. The van der Waals surface area contributed by atoms with Gasteiger partial charge in [0, 0.05) is 0 Å². The summed E-state index contributed by atoms with van der Waals surface area (Å²) in [4.78, 5) is 9.17. The van der Waals surface area contributed by atoms with Gasteiger partial charge >= 0.3 is 0 Å². The minimum Gasteiger partial charge on any atom is -0.334 e. The lowest BCUT2D eigenvalue weighted by atomic mass is 9.76. The molecule has 2 nitrogen and oxygen atoms in total. The summed E-state index contributed by atoms with van der Waals surface area (Å²) in [6.07, 6.45) is 4.21. The second-order valence-electron chi connectivity index (χ2n) is 4.42. The summed E-state index contributed by atoms with van der Waals surface area (Å²) in [7, 11) is 0. The fourth-order valence-electron chi connectivity index (χ4n) is 1.66. The van der Waals surface area contributed by atoms with E-state index in [0.29, 0.717) is 5.41 Å². The molecule has 0 heterocycles. The average Bonchev–Trinajstić information content (AvgIpc) is 1.91. The topological polar surface area (TPSA) is 29.5 Å². The van der Waals surface area contributed by atoms with Crippen LogP contribution in [0.2, 0.25) is 0 Å². The SMILES string of the molecule is CC1(C)CCC(OP(O)(=S)Cl)CC1. The molecule has 78 valence electrons. The van der Waals surface area contributed by atoms with Crippen molar-refractivity contribution in [2.24, 2.45) is 5.41 Å². The quantitative estimate of drug-likeness (QED) is 0.753. The summed E-state index contributed by atoms with van der Waals surface area (Å²) in [5, 5.41) is 0. The number of halogens is 1. The van der Waals surface area contributed by atoms with Crippen molar-refractivity contribution >= 4 is 28.9 Å². The van der Waals surface area contributed by atoms with E-state index < -0.39 is 5.84 Å². The van der Waals surface area contributed by atoms with E-state index in [-0.39, 0.29) is 6.10 Å². The van der Waals surface area contributed by atoms with E-state index in [1.807, 2.05) is 0 Å². The summed E-state index contributed by atoms with van der Waals surface area (Å²) in [6.45, 7) is 4.50. The molecule has 0 bridgehead atoms. The zero-order valence-electron chi connectivity index (χ0n) is 7.99. The first-order valence-electron chi connectivity index (χ1n) is 4.49. The molecule has 0 aromatic heterocycles. The van der Waals surface area contributed by atoms with Crippen LogP contribution in [0, 0.1) is 5.41 Å². The highest BCUT2D eigenvalue weighted by Crippen LogP contribution is 2.51. The van der Waals surface area contributed by atoms with E-state index in [0.717, 1.165) is 25.7 Å². The van der Waals surface area contributed by atoms with Crippen LogP contribution in [-0.4, -0.2) is 11.0 Å². The van der Waals surface area contributed by atoms with Crippen molar-refractivity contribution in [2.75, 3.05) is 0 Å². The van der Waals surface area contributed by atoms with Gasteiger partial charge in [0.2, 0.25) is 0 Å². The van der Waals surface area contributed by atoms with E-state index >= 15 is 0 Å². The fraction of sp³-hybridized carbons (Fsp3) is 1.00. The third kappa shape index (κ3) is 4.75. The lowest BCUT2D eigenvalue weighted by molar-refractivity contribution is 0.102. The van der Waals surface area contributed by atoms with Gasteiger partial charge < -0.3 is 9.42 Å². The molecule has 1 fully saturated rings. The van der Waals surface area contributed by atoms with Crippen molar-refractivity contribution < 1.29 is 9.42 Å². The zero-order chi connectivity index (χ0) is 10.1. The van der Waals surface area contributed by atoms with Crippen molar-refractivity contribution in [1.82, 2.24) is 0 Å². The van der Waals surface area contributed by atoms with Crippen molar-refractivity contribution in [3.63, 3.8) is 0 Å². The van der Waals surface area contributed by atoms with Gasteiger partial charge in [-0.15, -0.1) is 0 Å². The van der Waals surface area contributed by atoms with Crippen LogP contribution in [0.15, 0.2) is 0 Å². The molecule has 0 amide bonds. The van der Waals surface area contributed by atoms with E-state index in [1.165, 1.54) is 0 Å². The summed E-state index contributed by atoms with van der Waals surface area (Å²) in [5.41, 5.74) is 0.407. The smallest absolute Gasteiger partial charge is 0.279 e. The summed E-state index contributed by atoms with van der Waals surface area (Å²) >= 11 is 10.1. The Morgan fingerprint density at radius 2 is 1.92 bits per heavy atom. The minimum absolute atomic E-state index is 0.0707. The van der Waals surface area contributed by atoms with Gasteiger partial charge in [-0.1, -0.05) is 13.8 Å². The normalized spacial score (nSPS) is 28.3. The first-order valence-corrected chi connectivity index (χ1v) is 8.07. The molecule has 0 aromatic carbocycles. The number of hydrogen-bond donors (Lipinski definition) is 1. The van der Waals surface area contributed by atoms with Crippen LogP contribution in [0.3, 0.4) is 0 Å². The molecule has 1 rings (SSSR count). The third-order valence-electron chi connectivity index (χ3n) is 2.57. The highest BCUT2D eigenvalue weighted by molar-refractivity contribution is 8.21. The van der Waals surface area contributed by atoms with Crippen LogP contribution in [0.1, 0.15) is 39.5 Å². The number of hydrogen-bond acceptors (Lipinski definition) is 2. The van der Waals surface area contributed by atoms with E-state index in [9.17, 15) is 0 Å². The molecule has 0 radical (unpaired) electrons. The Labute approximate surface area is 89.6 Å².